The minimum absolute atomic E-state index is 0.378. The van der Waals surface area contributed by atoms with E-state index >= 15 is 0 Å². The molecule has 1 N–H and O–H groups in total. The van der Waals surface area contributed by atoms with Gasteiger partial charge in [0.1, 0.15) is 11.2 Å². The van der Waals surface area contributed by atoms with E-state index in [4.69, 9.17) is 9.47 Å². The van der Waals surface area contributed by atoms with Crippen molar-refractivity contribution in [3.63, 3.8) is 0 Å². The fourth-order valence-electron chi connectivity index (χ4n) is 0.989. The van der Waals surface area contributed by atoms with Crippen molar-refractivity contribution in [2.75, 3.05) is 6.26 Å². The monoisotopic (exact) mass is 289 g/mol. The van der Waals surface area contributed by atoms with Gasteiger partial charge in [0.25, 0.3) is 0 Å². The van der Waals surface area contributed by atoms with Gasteiger partial charge in [-0.15, -0.1) is 11.8 Å². The van der Waals surface area contributed by atoms with Gasteiger partial charge in [-0.25, -0.2) is 9.59 Å². The predicted molar refractivity (Wildman–Crippen MR) is 76.8 cm³/mol. The third kappa shape index (κ3) is 10.4. The quantitative estimate of drug-likeness (QED) is 0.639. The van der Waals surface area contributed by atoms with E-state index in [1.54, 1.807) is 47.8 Å². The van der Waals surface area contributed by atoms with Crippen molar-refractivity contribution in [3.8, 4) is 0 Å². The van der Waals surface area contributed by atoms with Crippen LogP contribution in [0.15, 0.2) is 11.1 Å². The lowest BCUT2D eigenvalue weighted by Gasteiger charge is -2.20. The zero-order valence-corrected chi connectivity index (χ0v) is 13.4. The standard InChI is InChI=1S/C13H23NO4S/c1-12(2,3)17-10(15)8-9(19-7)14-11(16)18-13(4,5)6/h8H,1-7H3,(H,14,16)/b9-8-. The largest absolute Gasteiger partial charge is 0.457 e. The molecule has 110 valence electrons. The number of thioether (sulfide) groups is 1. The topological polar surface area (TPSA) is 64.6 Å². The maximum Gasteiger partial charge on any atom is 0.412 e. The highest BCUT2D eigenvalue weighted by Gasteiger charge is 2.18. The Morgan fingerprint density at radius 1 is 1.00 bits per heavy atom. The summed E-state index contributed by atoms with van der Waals surface area (Å²) in [4.78, 5) is 23.1. The first-order chi connectivity index (χ1) is 8.43. The molecule has 0 aliphatic heterocycles. The maximum atomic E-state index is 11.6. The molecule has 0 aliphatic rings. The lowest BCUT2D eigenvalue weighted by atomic mass is 10.2. The highest BCUT2D eigenvalue weighted by Crippen LogP contribution is 2.13. The van der Waals surface area contributed by atoms with Gasteiger partial charge in [0.05, 0.1) is 11.1 Å². The summed E-state index contributed by atoms with van der Waals surface area (Å²) in [6.45, 7) is 10.6. The molecule has 0 unspecified atom stereocenters. The van der Waals surface area contributed by atoms with Gasteiger partial charge in [0.15, 0.2) is 0 Å². The molecule has 1 amide bonds. The average Bonchev–Trinajstić information content (AvgIpc) is 2.10. The van der Waals surface area contributed by atoms with E-state index in [1.165, 1.54) is 17.8 Å². The van der Waals surface area contributed by atoms with Crippen LogP contribution >= 0.6 is 11.8 Å². The number of carbonyl (C=O) groups is 2. The first-order valence-electron chi connectivity index (χ1n) is 5.91. The zero-order valence-electron chi connectivity index (χ0n) is 12.6. The van der Waals surface area contributed by atoms with Gasteiger partial charge in [-0.3, -0.25) is 5.32 Å². The molecule has 0 saturated heterocycles. The highest BCUT2D eigenvalue weighted by molar-refractivity contribution is 8.02. The van der Waals surface area contributed by atoms with Crippen molar-refractivity contribution < 1.29 is 19.1 Å². The second-order valence-corrected chi connectivity index (χ2v) is 6.72. The average molecular weight is 289 g/mol. The molecule has 0 bridgehead atoms. The van der Waals surface area contributed by atoms with Gasteiger partial charge in [0.2, 0.25) is 0 Å². The molecule has 0 aliphatic carbocycles. The van der Waals surface area contributed by atoms with E-state index in [9.17, 15) is 9.59 Å². The molecule has 0 saturated carbocycles. The number of hydrogen-bond donors (Lipinski definition) is 1. The van der Waals surface area contributed by atoms with Crippen LogP contribution in [0.4, 0.5) is 4.79 Å². The number of amides is 1. The molecule has 0 aromatic rings. The number of ether oxygens (including phenoxy) is 2. The molecule has 5 nitrogen and oxygen atoms in total. The molecule has 19 heavy (non-hydrogen) atoms. The molecule has 0 atom stereocenters. The van der Waals surface area contributed by atoms with Gasteiger partial charge in [-0.05, 0) is 47.8 Å². The molecule has 0 aromatic heterocycles. The summed E-state index contributed by atoms with van der Waals surface area (Å²) in [5.74, 6) is -0.507. The van der Waals surface area contributed by atoms with Gasteiger partial charge >= 0.3 is 12.1 Å². The van der Waals surface area contributed by atoms with Crippen molar-refractivity contribution in [3.05, 3.63) is 11.1 Å². The fraction of sp³-hybridized carbons (Fsp3) is 0.692. The van der Waals surface area contributed by atoms with E-state index in [1.807, 2.05) is 0 Å². The Labute approximate surface area is 119 Å². The van der Waals surface area contributed by atoms with Gasteiger partial charge in [0, 0.05) is 0 Å². The summed E-state index contributed by atoms with van der Waals surface area (Å²) in [6, 6.07) is 0. The summed E-state index contributed by atoms with van der Waals surface area (Å²) in [5, 5.41) is 2.88. The second-order valence-electron chi connectivity index (χ2n) is 5.87. The van der Waals surface area contributed by atoms with Crippen molar-refractivity contribution in [1.82, 2.24) is 5.32 Å². The van der Waals surface area contributed by atoms with Crippen molar-refractivity contribution >= 4 is 23.8 Å². The van der Waals surface area contributed by atoms with Crippen LogP contribution in [0.3, 0.4) is 0 Å². The molecular formula is C13H23NO4S. The fourth-order valence-corrected chi connectivity index (χ4v) is 1.39. The number of carbonyl (C=O) groups excluding carboxylic acids is 2. The third-order valence-electron chi connectivity index (χ3n) is 1.50. The predicted octanol–water partition coefficient (Wildman–Crippen LogP) is 3.06. The van der Waals surface area contributed by atoms with Crippen LogP contribution in [0.25, 0.3) is 0 Å². The number of nitrogens with one attached hydrogen (secondary N) is 1. The second kappa shape index (κ2) is 6.84. The summed E-state index contributed by atoms with van der Waals surface area (Å²) in [7, 11) is 0. The molecular weight excluding hydrogens is 266 g/mol. The van der Waals surface area contributed by atoms with Crippen LogP contribution in [0, 0.1) is 0 Å². The van der Waals surface area contributed by atoms with Gasteiger partial charge < -0.3 is 9.47 Å². The minimum Gasteiger partial charge on any atom is -0.457 e. The number of esters is 1. The molecule has 0 spiro atoms. The molecule has 0 radical (unpaired) electrons. The maximum absolute atomic E-state index is 11.6. The Kier molecular flexibility index (Phi) is 6.42. The SMILES string of the molecule is CS/C(=C\C(=O)OC(C)(C)C)NC(=O)OC(C)(C)C. The Morgan fingerprint density at radius 3 is 1.84 bits per heavy atom. The van der Waals surface area contributed by atoms with Gasteiger partial charge in [-0.2, -0.15) is 0 Å². The Bertz CT molecular complexity index is 364. The molecule has 0 rings (SSSR count). The highest BCUT2D eigenvalue weighted by atomic mass is 32.2. The Hall–Kier alpha value is -1.17. The van der Waals surface area contributed by atoms with Crippen molar-refractivity contribution in [2.45, 2.75) is 52.7 Å². The van der Waals surface area contributed by atoms with E-state index < -0.39 is 23.3 Å². The number of rotatable bonds is 3. The molecule has 0 fully saturated rings. The first kappa shape index (κ1) is 17.8. The first-order valence-corrected chi connectivity index (χ1v) is 7.14. The van der Waals surface area contributed by atoms with E-state index in [2.05, 4.69) is 5.32 Å². The van der Waals surface area contributed by atoms with Crippen LogP contribution in [-0.2, 0) is 14.3 Å². The summed E-state index contributed by atoms with van der Waals surface area (Å²) in [6.07, 6.45) is 2.38. The van der Waals surface area contributed by atoms with E-state index in [0.29, 0.717) is 5.03 Å². The Morgan fingerprint density at radius 2 is 1.47 bits per heavy atom. The molecule has 0 heterocycles. The smallest absolute Gasteiger partial charge is 0.412 e. The minimum atomic E-state index is -0.600. The summed E-state index contributed by atoms with van der Waals surface area (Å²) in [5.41, 5.74) is -1.15. The Balaban J connectivity index is 4.58. The lowest BCUT2D eigenvalue weighted by Crippen LogP contribution is -2.32. The normalized spacial score (nSPS) is 12.9. The van der Waals surface area contributed by atoms with Crippen molar-refractivity contribution in [1.29, 1.82) is 0 Å². The third-order valence-corrected chi connectivity index (χ3v) is 2.16. The van der Waals surface area contributed by atoms with Crippen LogP contribution in [0.2, 0.25) is 0 Å². The van der Waals surface area contributed by atoms with Crippen molar-refractivity contribution in [2.24, 2.45) is 0 Å². The van der Waals surface area contributed by atoms with Crippen LogP contribution in [-0.4, -0.2) is 29.5 Å². The lowest BCUT2D eigenvalue weighted by molar-refractivity contribution is -0.148. The van der Waals surface area contributed by atoms with E-state index in [0.717, 1.165) is 0 Å². The van der Waals surface area contributed by atoms with Gasteiger partial charge in [-0.1, -0.05) is 0 Å². The van der Waals surface area contributed by atoms with Crippen LogP contribution < -0.4 is 5.32 Å². The van der Waals surface area contributed by atoms with Crippen LogP contribution in [0.5, 0.6) is 0 Å². The van der Waals surface area contributed by atoms with E-state index in [-0.39, 0.29) is 0 Å². The molecule has 0 aromatic carbocycles. The summed E-state index contributed by atoms with van der Waals surface area (Å²) >= 11 is 1.23. The number of hydrogen-bond acceptors (Lipinski definition) is 5. The zero-order chi connectivity index (χ0) is 15.3. The number of alkyl carbamates (subject to hydrolysis) is 1. The summed E-state index contributed by atoms with van der Waals surface area (Å²) < 4.78 is 10.2. The van der Waals surface area contributed by atoms with Crippen LogP contribution in [0.1, 0.15) is 41.5 Å². The molecule has 6 heteroatoms.